The highest BCUT2D eigenvalue weighted by Crippen LogP contribution is 2.23. The molecule has 0 aliphatic rings. The summed E-state index contributed by atoms with van der Waals surface area (Å²) in [5.74, 6) is -1.01. The van der Waals surface area contributed by atoms with Gasteiger partial charge in [-0.15, -0.1) is 0 Å². The minimum absolute atomic E-state index is 0.0609. The fourth-order valence-corrected chi connectivity index (χ4v) is 2.46. The third-order valence-electron chi connectivity index (χ3n) is 3.72. The van der Waals surface area contributed by atoms with Gasteiger partial charge in [-0.05, 0) is 39.1 Å². The molecule has 28 heavy (non-hydrogen) atoms. The monoisotopic (exact) mass is 386 g/mol. The Kier molecular flexibility index (Phi) is 6.98. The molecule has 0 aliphatic carbocycles. The molecule has 2 amide bonds. The molecule has 0 fully saturated rings. The second-order valence-electron chi connectivity index (χ2n) is 7.33. The van der Waals surface area contributed by atoms with Crippen LogP contribution in [0.3, 0.4) is 0 Å². The van der Waals surface area contributed by atoms with E-state index in [0.717, 1.165) is 10.8 Å². The van der Waals surface area contributed by atoms with E-state index in [9.17, 15) is 14.4 Å². The zero-order chi connectivity index (χ0) is 20.7. The van der Waals surface area contributed by atoms with Crippen molar-refractivity contribution < 1.29 is 23.9 Å². The lowest BCUT2D eigenvalue weighted by Gasteiger charge is -2.19. The van der Waals surface area contributed by atoms with Gasteiger partial charge in [-0.3, -0.25) is 9.59 Å². The van der Waals surface area contributed by atoms with E-state index in [4.69, 9.17) is 9.47 Å². The van der Waals surface area contributed by atoms with Crippen LogP contribution in [0.25, 0.3) is 10.8 Å². The van der Waals surface area contributed by atoms with E-state index in [1.54, 1.807) is 26.8 Å². The Hall–Kier alpha value is -3.09. The summed E-state index contributed by atoms with van der Waals surface area (Å²) in [7, 11) is 0. The number of amides is 2. The molecule has 0 spiro atoms. The minimum Gasteiger partial charge on any atom is -0.452 e. The topological polar surface area (TPSA) is 93.7 Å². The van der Waals surface area contributed by atoms with Crippen molar-refractivity contribution in [2.45, 2.75) is 45.8 Å². The van der Waals surface area contributed by atoms with Crippen LogP contribution in [0.15, 0.2) is 42.5 Å². The third-order valence-corrected chi connectivity index (χ3v) is 3.72. The molecular weight excluding hydrogens is 360 g/mol. The van der Waals surface area contributed by atoms with Crippen molar-refractivity contribution in [1.29, 1.82) is 0 Å². The fraction of sp³-hybridized carbons (Fsp3) is 0.381. The number of carbonyl (C=O) groups is 3. The maximum absolute atomic E-state index is 12.4. The molecule has 0 unspecified atom stereocenters. The Balaban J connectivity index is 1.81. The van der Waals surface area contributed by atoms with Gasteiger partial charge in [-0.1, -0.05) is 36.4 Å². The maximum atomic E-state index is 12.4. The molecule has 0 aromatic heterocycles. The molecule has 0 saturated carbocycles. The van der Waals surface area contributed by atoms with Gasteiger partial charge < -0.3 is 20.1 Å². The van der Waals surface area contributed by atoms with Gasteiger partial charge >= 0.3 is 12.1 Å². The lowest BCUT2D eigenvalue weighted by Crippen LogP contribution is -2.35. The van der Waals surface area contributed by atoms with Crippen molar-refractivity contribution in [3.63, 3.8) is 0 Å². The van der Waals surface area contributed by atoms with Crippen LogP contribution in [0.2, 0.25) is 0 Å². The summed E-state index contributed by atoms with van der Waals surface area (Å²) in [4.78, 5) is 35.8. The number of esters is 1. The van der Waals surface area contributed by atoms with Crippen LogP contribution in [0.4, 0.5) is 10.5 Å². The van der Waals surface area contributed by atoms with Gasteiger partial charge in [0.25, 0.3) is 5.91 Å². The Labute approximate surface area is 164 Å². The Morgan fingerprint density at radius 1 is 1.04 bits per heavy atom. The van der Waals surface area contributed by atoms with Crippen molar-refractivity contribution in [3.05, 3.63) is 42.5 Å². The van der Waals surface area contributed by atoms with Gasteiger partial charge in [0.15, 0.2) is 6.10 Å². The van der Waals surface area contributed by atoms with E-state index in [0.29, 0.717) is 5.69 Å². The number of nitrogens with one attached hydrogen (secondary N) is 2. The van der Waals surface area contributed by atoms with E-state index in [2.05, 4.69) is 10.6 Å². The predicted octanol–water partition coefficient (Wildman–Crippen LogP) is 3.62. The highest BCUT2D eigenvalue weighted by molar-refractivity contribution is 6.03. The van der Waals surface area contributed by atoms with Gasteiger partial charge in [-0.2, -0.15) is 0 Å². The summed E-state index contributed by atoms with van der Waals surface area (Å²) in [6, 6.07) is 13.3. The van der Waals surface area contributed by atoms with Crippen LogP contribution in [0.1, 0.15) is 34.1 Å². The van der Waals surface area contributed by atoms with Crippen molar-refractivity contribution in [3.8, 4) is 0 Å². The van der Waals surface area contributed by atoms with Gasteiger partial charge in [0.1, 0.15) is 5.60 Å². The number of alkyl carbamates (subject to hydrolysis) is 1. The molecule has 150 valence electrons. The molecule has 0 heterocycles. The van der Waals surface area contributed by atoms with Gasteiger partial charge in [0, 0.05) is 17.6 Å². The molecule has 7 heteroatoms. The van der Waals surface area contributed by atoms with Crippen molar-refractivity contribution in [2.24, 2.45) is 0 Å². The number of carbonyl (C=O) groups excluding carboxylic acids is 3. The molecule has 0 saturated heterocycles. The first-order valence-electron chi connectivity index (χ1n) is 9.10. The average molecular weight is 386 g/mol. The second kappa shape index (κ2) is 9.21. The van der Waals surface area contributed by atoms with Gasteiger partial charge in [-0.25, -0.2) is 4.79 Å². The number of hydrogen-bond acceptors (Lipinski definition) is 5. The first kappa shape index (κ1) is 21.2. The summed E-state index contributed by atoms with van der Waals surface area (Å²) >= 11 is 0. The van der Waals surface area contributed by atoms with E-state index in [1.807, 2.05) is 36.4 Å². The van der Waals surface area contributed by atoms with E-state index in [1.165, 1.54) is 6.92 Å². The van der Waals surface area contributed by atoms with Gasteiger partial charge in [0.2, 0.25) is 0 Å². The molecule has 0 aliphatic heterocycles. The zero-order valence-electron chi connectivity index (χ0n) is 16.6. The molecule has 2 aromatic rings. The number of hydrogen-bond donors (Lipinski definition) is 2. The Morgan fingerprint density at radius 3 is 2.43 bits per heavy atom. The molecule has 2 N–H and O–H groups in total. The van der Waals surface area contributed by atoms with Gasteiger partial charge in [0.05, 0.1) is 6.42 Å². The van der Waals surface area contributed by atoms with E-state index >= 15 is 0 Å². The zero-order valence-corrected chi connectivity index (χ0v) is 16.6. The normalized spacial score (nSPS) is 12.1. The quantitative estimate of drug-likeness (QED) is 0.740. The standard InChI is InChI=1S/C21H26N2O5/c1-14(27-18(24)12-13-22-20(26)28-21(2,3)4)19(25)23-17-11-7-9-15-8-5-6-10-16(15)17/h5-11,14H,12-13H2,1-4H3,(H,22,26)(H,23,25)/t14-/m1/s1. The van der Waals surface area contributed by atoms with Crippen molar-refractivity contribution in [1.82, 2.24) is 5.32 Å². The molecule has 2 aromatic carbocycles. The lowest BCUT2D eigenvalue weighted by molar-refractivity contribution is -0.153. The highest BCUT2D eigenvalue weighted by atomic mass is 16.6. The summed E-state index contributed by atoms with van der Waals surface area (Å²) in [5, 5.41) is 7.15. The summed E-state index contributed by atoms with van der Waals surface area (Å²) in [5.41, 5.74) is 0.0383. The van der Waals surface area contributed by atoms with E-state index in [-0.39, 0.29) is 13.0 Å². The molecule has 0 bridgehead atoms. The molecule has 1 atom stereocenters. The largest absolute Gasteiger partial charge is 0.452 e. The maximum Gasteiger partial charge on any atom is 0.407 e. The Morgan fingerprint density at radius 2 is 1.71 bits per heavy atom. The van der Waals surface area contributed by atoms with Crippen LogP contribution in [0.5, 0.6) is 0 Å². The SMILES string of the molecule is C[C@@H](OC(=O)CCNC(=O)OC(C)(C)C)C(=O)Nc1cccc2ccccc12. The first-order chi connectivity index (χ1) is 13.2. The smallest absolute Gasteiger partial charge is 0.407 e. The molecule has 2 rings (SSSR count). The number of benzene rings is 2. The molecule has 7 nitrogen and oxygen atoms in total. The number of fused-ring (bicyclic) bond motifs is 1. The van der Waals surface area contributed by atoms with E-state index < -0.39 is 29.7 Å². The van der Waals surface area contributed by atoms with Crippen LogP contribution < -0.4 is 10.6 Å². The summed E-state index contributed by atoms with van der Waals surface area (Å²) < 4.78 is 10.2. The molecule has 0 radical (unpaired) electrons. The van der Waals surface area contributed by atoms with Crippen LogP contribution in [-0.2, 0) is 19.1 Å². The third kappa shape index (κ3) is 6.57. The average Bonchev–Trinajstić information content (AvgIpc) is 2.60. The van der Waals surface area contributed by atoms with Crippen LogP contribution >= 0.6 is 0 Å². The highest BCUT2D eigenvalue weighted by Gasteiger charge is 2.19. The van der Waals surface area contributed by atoms with Crippen molar-refractivity contribution in [2.75, 3.05) is 11.9 Å². The Bertz CT molecular complexity index is 852. The number of ether oxygens (including phenoxy) is 2. The predicted molar refractivity (Wildman–Crippen MR) is 107 cm³/mol. The number of anilines is 1. The molecular formula is C21H26N2O5. The van der Waals surface area contributed by atoms with Crippen molar-refractivity contribution >= 4 is 34.4 Å². The lowest BCUT2D eigenvalue weighted by atomic mass is 10.1. The summed E-state index contributed by atoms with van der Waals surface area (Å²) in [6.45, 7) is 6.80. The minimum atomic E-state index is -0.965. The van der Waals surface area contributed by atoms with Crippen LogP contribution in [0, 0.1) is 0 Å². The second-order valence-corrected chi connectivity index (χ2v) is 7.33. The summed E-state index contributed by atoms with van der Waals surface area (Å²) in [6.07, 6.45) is -1.64. The first-order valence-corrected chi connectivity index (χ1v) is 9.10. The van der Waals surface area contributed by atoms with Crippen LogP contribution in [-0.4, -0.2) is 36.2 Å². The number of rotatable bonds is 6. The fourth-order valence-electron chi connectivity index (χ4n) is 2.46.